The number of imidazole rings is 1. The molecule has 1 unspecified atom stereocenters. The highest BCUT2D eigenvalue weighted by atomic mass is 15.2. The fourth-order valence-corrected chi connectivity index (χ4v) is 1.98. The maximum Gasteiger partial charge on any atom is 0.124 e. The summed E-state index contributed by atoms with van der Waals surface area (Å²) in [5.74, 6) is 7.01. The van der Waals surface area contributed by atoms with Crippen LogP contribution in [0, 0.1) is 0 Å². The molecule has 1 heterocycles. The third-order valence-electron chi connectivity index (χ3n) is 3.14. The Morgan fingerprint density at radius 1 is 1.28 bits per heavy atom. The number of nitrogens with one attached hydrogen (secondary N) is 2. The Labute approximate surface area is 108 Å². The molecule has 0 amide bonds. The molecule has 0 aliphatic rings. The van der Waals surface area contributed by atoms with E-state index < -0.39 is 0 Å². The normalized spacial score (nSPS) is 12.9. The summed E-state index contributed by atoms with van der Waals surface area (Å²) in [6, 6.07) is 8.68. The largest absolute Gasteiger partial charge is 0.347 e. The van der Waals surface area contributed by atoms with Gasteiger partial charge in [0, 0.05) is 12.4 Å². The monoisotopic (exact) mass is 244 g/mol. The van der Waals surface area contributed by atoms with Crippen molar-refractivity contribution in [1.29, 1.82) is 0 Å². The lowest BCUT2D eigenvalue weighted by Gasteiger charge is -2.14. The van der Waals surface area contributed by atoms with Crippen LogP contribution in [0.1, 0.15) is 42.8 Å². The Bertz CT molecular complexity index is 459. The zero-order chi connectivity index (χ0) is 13.0. The lowest BCUT2D eigenvalue weighted by molar-refractivity contribution is 0.527. The van der Waals surface area contributed by atoms with Gasteiger partial charge in [0.25, 0.3) is 0 Å². The third-order valence-corrected chi connectivity index (χ3v) is 3.14. The van der Waals surface area contributed by atoms with Crippen LogP contribution in [0.2, 0.25) is 0 Å². The number of H-pyrrole nitrogens is 1. The van der Waals surface area contributed by atoms with Crippen LogP contribution in [0.5, 0.6) is 0 Å². The number of benzene rings is 1. The van der Waals surface area contributed by atoms with E-state index in [4.69, 9.17) is 5.84 Å². The number of hydrazine groups is 1. The first-order valence-electron chi connectivity index (χ1n) is 6.25. The third kappa shape index (κ3) is 2.97. The van der Waals surface area contributed by atoms with Crippen molar-refractivity contribution in [1.82, 2.24) is 15.4 Å². The zero-order valence-corrected chi connectivity index (χ0v) is 10.9. The van der Waals surface area contributed by atoms with Crippen molar-refractivity contribution in [3.05, 3.63) is 53.6 Å². The minimum absolute atomic E-state index is 0.0184. The van der Waals surface area contributed by atoms with E-state index in [1.807, 2.05) is 6.20 Å². The summed E-state index contributed by atoms with van der Waals surface area (Å²) in [6.45, 7) is 4.39. The number of hydrogen-bond acceptors (Lipinski definition) is 3. The van der Waals surface area contributed by atoms with E-state index in [1.54, 1.807) is 6.20 Å². The molecule has 2 aromatic rings. The summed E-state index contributed by atoms with van der Waals surface area (Å²) in [5, 5.41) is 0. The van der Waals surface area contributed by atoms with Crippen molar-refractivity contribution >= 4 is 0 Å². The molecular formula is C14H20N4. The van der Waals surface area contributed by atoms with Gasteiger partial charge in [-0.25, -0.2) is 10.4 Å². The number of nitrogens with two attached hydrogens (primary N) is 1. The van der Waals surface area contributed by atoms with Crippen LogP contribution in [-0.2, 0) is 6.42 Å². The number of aromatic nitrogens is 2. The predicted molar refractivity (Wildman–Crippen MR) is 72.9 cm³/mol. The van der Waals surface area contributed by atoms with E-state index in [-0.39, 0.29) is 6.04 Å². The maximum atomic E-state index is 5.58. The molecule has 0 fully saturated rings. The minimum atomic E-state index is 0.0184. The SMILES string of the molecule is CC(C)c1ccc(CC(NN)c2ncc[nH]2)cc1. The molecule has 4 N–H and O–H groups in total. The summed E-state index contributed by atoms with van der Waals surface area (Å²) in [4.78, 5) is 7.32. The Morgan fingerprint density at radius 2 is 2.00 bits per heavy atom. The van der Waals surface area contributed by atoms with E-state index in [2.05, 4.69) is 53.5 Å². The molecule has 0 bridgehead atoms. The van der Waals surface area contributed by atoms with Gasteiger partial charge in [-0.15, -0.1) is 0 Å². The van der Waals surface area contributed by atoms with Gasteiger partial charge in [-0.3, -0.25) is 5.84 Å². The Kier molecular flexibility index (Phi) is 4.12. The molecular weight excluding hydrogens is 224 g/mol. The number of hydrogen-bond donors (Lipinski definition) is 3. The quantitative estimate of drug-likeness (QED) is 0.558. The van der Waals surface area contributed by atoms with Gasteiger partial charge >= 0.3 is 0 Å². The molecule has 2 rings (SSSR count). The molecule has 18 heavy (non-hydrogen) atoms. The number of aromatic amines is 1. The minimum Gasteiger partial charge on any atom is -0.347 e. The smallest absolute Gasteiger partial charge is 0.124 e. The topological polar surface area (TPSA) is 66.7 Å². The molecule has 0 saturated carbocycles. The second-order valence-electron chi connectivity index (χ2n) is 4.79. The molecule has 0 spiro atoms. The molecule has 4 nitrogen and oxygen atoms in total. The van der Waals surface area contributed by atoms with Crippen molar-refractivity contribution < 1.29 is 0 Å². The molecule has 0 radical (unpaired) electrons. The molecule has 4 heteroatoms. The first kappa shape index (κ1) is 12.8. The highest BCUT2D eigenvalue weighted by Crippen LogP contribution is 2.18. The molecule has 1 aromatic carbocycles. The summed E-state index contributed by atoms with van der Waals surface area (Å²) in [6.07, 6.45) is 4.37. The van der Waals surface area contributed by atoms with E-state index in [0.717, 1.165) is 12.2 Å². The van der Waals surface area contributed by atoms with Gasteiger partial charge in [-0.05, 0) is 23.5 Å². The second kappa shape index (κ2) is 5.80. The van der Waals surface area contributed by atoms with E-state index in [0.29, 0.717) is 5.92 Å². The van der Waals surface area contributed by atoms with Gasteiger partial charge in [0.05, 0.1) is 6.04 Å². The van der Waals surface area contributed by atoms with Crippen LogP contribution in [0.25, 0.3) is 0 Å². The lowest BCUT2D eigenvalue weighted by atomic mass is 9.99. The van der Waals surface area contributed by atoms with Crippen LogP contribution >= 0.6 is 0 Å². The Morgan fingerprint density at radius 3 is 2.50 bits per heavy atom. The lowest BCUT2D eigenvalue weighted by Crippen LogP contribution is -2.30. The fourth-order valence-electron chi connectivity index (χ4n) is 1.98. The van der Waals surface area contributed by atoms with Crippen molar-refractivity contribution in [2.45, 2.75) is 32.2 Å². The van der Waals surface area contributed by atoms with Crippen LogP contribution in [-0.4, -0.2) is 9.97 Å². The summed E-state index contributed by atoms with van der Waals surface area (Å²) < 4.78 is 0. The van der Waals surface area contributed by atoms with Crippen LogP contribution in [0.3, 0.4) is 0 Å². The second-order valence-corrected chi connectivity index (χ2v) is 4.79. The van der Waals surface area contributed by atoms with Gasteiger partial charge < -0.3 is 4.98 Å². The highest BCUT2D eigenvalue weighted by Gasteiger charge is 2.12. The Hall–Kier alpha value is -1.65. The molecule has 96 valence electrons. The predicted octanol–water partition coefficient (Wildman–Crippen LogP) is 2.28. The average Bonchev–Trinajstić information content (AvgIpc) is 2.90. The average molecular weight is 244 g/mol. The van der Waals surface area contributed by atoms with Crippen molar-refractivity contribution in [2.24, 2.45) is 5.84 Å². The highest BCUT2D eigenvalue weighted by molar-refractivity contribution is 5.25. The summed E-state index contributed by atoms with van der Waals surface area (Å²) in [5.41, 5.74) is 5.40. The molecule has 0 saturated heterocycles. The molecule has 1 atom stereocenters. The maximum absolute atomic E-state index is 5.58. The van der Waals surface area contributed by atoms with Gasteiger partial charge in [0.2, 0.25) is 0 Å². The Balaban J connectivity index is 2.08. The molecule has 0 aliphatic heterocycles. The summed E-state index contributed by atoms with van der Waals surface area (Å²) >= 11 is 0. The summed E-state index contributed by atoms with van der Waals surface area (Å²) in [7, 11) is 0. The number of nitrogens with zero attached hydrogens (tertiary/aromatic N) is 1. The van der Waals surface area contributed by atoms with E-state index >= 15 is 0 Å². The zero-order valence-electron chi connectivity index (χ0n) is 10.9. The molecule has 1 aromatic heterocycles. The van der Waals surface area contributed by atoms with Gasteiger partial charge in [-0.1, -0.05) is 38.1 Å². The van der Waals surface area contributed by atoms with Crippen molar-refractivity contribution in [2.75, 3.05) is 0 Å². The van der Waals surface area contributed by atoms with E-state index in [9.17, 15) is 0 Å². The van der Waals surface area contributed by atoms with Crippen molar-refractivity contribution in [3.8, 4) is 0 Å². The van der Waals surface area contributed by atoms with Crippen LogP contribution in [0.4, 0.5) is 0 Å². The van der Waals surface area contributed by atoms with Gasteiger partial charge in [0.15, 0.2) is 0 Å². The van der Waals surface area contributed by atoms with Crippen molar-refractivity contribution in [3.63, 3.8) is 0 Å². The number of rotatable bonds is 5. The first-order chi connectivity index (χ1) is 8.70. The van der Waals surface area contributed by atoms with E-state index in [1.165, 1.54) is 11.1 Å². The standard InChI is InChI=1S/C14H20N4/c1-10(2)12-5-3-11(4-6-12)9-13(18-15)14-16-7-8-17-14/h3-8,10,13,18H,9,15H2,1-2H3,(H,16,17). The fraction of sp³-hybridized carbons (Fsp3) is 0.357. The van der Waals surface area contributed by atoms with Gasteiger partial charge in [-0.2, -0.15) is 0 Å². The first-order valence-corrected chi connectivity index (χ1v) is 6.25. The van der Waals surface area contributed by atoms with Gasteiger partial charge in [0.1, 0.15) is 5.82 Å². The van der Waals surface area contributed by atoms with Crippen LogP contribution in [0.15, 0.2) is 36.7 Å². The molecule has 0 aliphatic carbocycles. The van der Waals surface area contributed by atoms with Crippen LogP contribution < -0.4 is 11.3 Å².